The summed E-state index contributed by atoms with van der Waals surface area (Å²) >= 11 is 0. The third kappa shape index (κ3) is 1.82. The van der Waals surface area contributed by atoms with Crippen molar-refractivity contribution < 1.29 is 5.11 Å². The van der Waals surface area contributed by atoms with Crippen LogP contribution in [0.2, 0.25) is 0 Å². The van der Waals surface area contributed by atoms with Crippen molar-refractivity contribution in [2.75, 3.05) is 6.61 Å². The predicted octanol–water partition coefficient (Wildman–Crippen LogP) is 0.675. The fraction of sp³-hybridized carbons (Fsp3) is 0.750. The van der Waals surface area contributed by atoms with Gasteiger partial charge in [-0.05, 0) is 19.3 Å². The molecule has 1 heterocycles. The van der Waals surface area contributed by atoms with E-state index in [1.54, 1.807) is 0 Å². The van der Waals surface area contributed by atoms with Gasteiger partial charge in [-0.15, -0.1) is 6.58 Å². The van der Waals surface area contributed by atoms with Gasteiger partial charge in [0.25, 0.3) is 0 Å². The molecule has 2 heteroatoms. The minimum Gasteiger partial charge on any atom is -0.395 e. The fourth-order valence-corrected chi connectivity index (χ4v) is 1.38. The second-order valence-electron chi connectivity index (χ2n) is 2.82. The molecule has 0 aliphatic carbocycles. The van der Waals surface area contributed by atoms with Crippen molar-refractivity contribution in [1.82, 2.24) is 5.32 Å². The molecule has 0 saturated carbocycles. The lowest BCUT2D eigenvalue weighted by Crippen LogP contribution is -2.43. The molecule has 1 aliphatic heterocycles. The summed E-state index contributed by atoms with van der Waals surface area (Å²) in [6.45, 7) is 3.96. The molecule has 0 bridgehead atoms. The highest BCUT2D eigenvalue weighted by Crippen LogP contribution is 2.12. The van der Waals surface area contributed by atoms with Crippen LogP contribution in [0.4, 0.5) is 0 Å². The number of hydrogen-bond donors (Lipinski definition) is 2. The zero-order valence-corrected chi connectivity index (χ0v) is 6.21. The highest BCUT2D eigenvalue weighted by atomic mass is 16.3. The van der Waals surface area contributed by atoms with Gasteiger partial charge in [0.05, 0.1) is 6.61 Å². The maximum atomic E-state index is 8.81. The van der Waals surface area contributed by atoms with E-state index in [0.717, 1.165) is 6.42 Å². The van der Waals surface area contributed by atoms with Crippen LogP contribution in [-0.4, -0.2) is 23.8 Å². The molecular weight excluding hydrogens is 126 g/mol. The van der Waals surface area contributed by atoms with E-state index in [4.69, 9.17) is 5.11 Å². The average molecular weight is 141 g/mol. The smallest absolute Gasteiger partial charge is 0.0584 e. The first-order valence-electron chi connectivity index (χ1n) is 3.86. The topological polar surface area (TPSA) is 32.3 Å². The minimum absolute atomic E-state index is 0.254. The molecule has 0 aromatic heterocycles. The second-order valence-corrected chi connectivity index (χ2v) is 2.82. The highest BCUT2D eigenvalue weighted by molar-refractivity contribution is 4.91. The summed E-state index contributed by atoms with van der Waals surface area (Å²) in [5.74, 6) is 0. The normalized spacial score (nSPS) is 33.7. The molecule has 0 unspecified atom stereocenters. The molecule has 2 nitrogen and oxygen atoms in total. The molecule has 0 aromatic carbocycles. The molecule has 0 radical (unpaired) electrons. The Morgan fingerprint density at radius 1 is 1.60 bits per heavy atom. The Balaban J connectivity index is 2.31. The van der Waals surface area contributed by atoms with Crippen LogP contribution in [0.15, 0.2) is 12.7 Å². The van der Waals surface area contributed by atoms with E-state index in [9.17, 15) is 0 Å². The molecule has 0 amide bonds. The third-order valence-corrected chi connectivity index (χ3v) is 2.02. The van der Waals surface area contributed by atoms with Crippen LogP contribution in [0.5, 0.6) is 0 Å². The summed E-state index contributed by atoms with van der Waals surface area (Å²) in [4.78, 5) is 0. The van der Waals surface area contributed by atoms with E-state index in [0.29, 0.717) is 12.1 Å². The summed E-state index contributed by atoms with van der Waals surface area (Å²) in [7, 11) is 0. The van der Waals surface area contributed by atoms with Crippen LogP contribution in [0.1, 0.15) is 19.3 Å². The van der Waals surface area contributed by atoms with Gasteiger partial charge in [-0.1, -0.05) is 6.08 Å². The Kier molecular flexibility index (Phi) is 2.90. The molecule has 1 aliphatic rings. The van der Waals surface area contributed by atoms with Crippen molar-refractivity contribution in [1.29, 1.82) is 0 Å². The van der Waals surface area contributed by atoms with Crippen molar-refractivity contribution >= 4 is 0 Å². The summed E-state index contributed by atoms with van der Waals surface area (Å²) in [6.07, 6.45) is 5.39. The number of aliphatic hydroxyl groups is 1. The number of nitrogens with one attached hydrogen (secondary N) is 1. The van der Waals surface area contributed by atoms with Gasteiger partial charge in [0, 0.05) is 12.1 Å². The molecule has 2 N–H and O–H groups in total. The summed E-state index contributed by atoms with van der Waals surface area (Å²) in [5.41, 5.74) is 0. The van der Waals surface area contributed by atoms with Crippen LogP contribution in [0.25, 0.3) is 0 Å². The quantitative estimate of drug-likeness (QED) is 0.554. The van der Waals surface area contributed by atoms with Crippen LogP contribution >= 0.6 is 0 Å². The zero-order chi connectivity index (χ0) is 7.40. The van der Waals surface area contributed by atoms with E-state index < -0.39 is 0 Å². The van der Waals surface area contributed by atoms with Crippen molar-refractivity contribution in [3.8, 4) is 0 Å². The number of aliphatic hydroxyl groups excluding tert-OH is 1. The van der Waals surface area contributed by atoms with Crippen LogP contribution in [-0.2, 0) is 0 Å². The Morgan fingerprint density at radius 3 is 3.00 bits per heavy atom. The van der Waals surface area contributed by atoms with Gasteiger partial charge in [-0.2, -0.15) is 0 Å². The molecular formula is C8H15NO. The SMILES string of the molecule is C=C[C@H]1CCC[C@@H](CO)N1. The largest absolute Gasteiger partial charge is 0.395 e. The summed E-state index contributed by atoms with van der Waals surface area (Å²) in [6, 6.07) is 0.725. The molecule has 0 aromatic rings. The van der Waals surface area contributed by atoms with E-state index >= 15 is 0 Å². The van der Waals surface area contributed by atoms with Gasteiger partial charge in [0.15, 0.2) is 0 Å². The Morgan fingerprint density at radius 2 is 2.40 bits per heavy atom. The molecule has 2 atom stereocenters. The Hall–Kier alpha value is -0.340. The first kappa shape index (κ1) is 7.76. The molecule has 0 spiro atoms. The summed E-state index contributed by atoms with van der Waals surface area (Å²) < 4.78 is 0. The number of hydrogen-bond acceptors (Lipinski definition) is 2. The summed E-state index contributed by atoms with van der Waals surface area (Å²) in [5, 5.41) is 12.1. The lowest BCUT2D eigenvalue weighted by atomic mass is 9.99. The minimum atomic E-state index is 0.254. The predicted molar refractivity (Wildman–Crippen MR) is 41.8 cm³/mol. The van der Waals surface area contributed by atoms with Crippen LogP contribution in [0, 0.1) is 0 Å². The van der Waals surface area contributed by atoms with E-state index in [-0.39, 0.29) is 6.61 Å². The van der Waals surface area contributed by atoms with Gasteiger partial charge < -0.3 is 10.4 Å². The van der Waals surface area contributed by atoms with E-state index in [1.807, 2.05) is 6.08 Å². The van der Waals surface area contributed by atoms with E-state index in [1.165, 1.54) is 12.8 Å². The maximum Gasteiger partial charge on any atom is 0.0584 e. The molecule has 58 valence electrons. The van der Waals surface area contributed by atoms with Gasteiger partial charge in [0.2, 0.25) is 0 Å². The van der Waals surface area contributed by atoms with Gasteiger partial charge in [-0.25, -0.2) is 0 Å². The van der Waals surface area contributed by atoms with Crippen molar-refractivity contribution in [2.24, 2.45) is 0 Å². The highest BCUT2D eigenvalue weighted by Gasteiger charge is 2.16. The second kappa shape index (κ2) is 3.74. The average Bonchev–Trinajstić information content (AvgIpc) is 2.05. The lowest BCUT2D eigenvalue weighted by Gasteiger charge is -2.27. The van der Waals surface area contributed by atoms with Crippen molar-refractivity contribution in [3.05, 3.63) is 12.7 Å². The molecule has 1 saturated heterocycles. The van der Waals surface area contributed by atoms with Gasteiger partial charge in [0.1, 0.15) is 0 Å². The van der Waals surface area contributed by atoms with Crippen molar-refractivity contribution in [2.45, 2.75) is 31.3 Å². The Labute approximate surface area is 61.9 Å². The maximum absolute atomic E-state index is 8.81. The monoisotopic (exact) mass is 141 g/mol. The lowest BCUT2D eigenvalue weighted by molar-refractivity contribution is 0.208. The first-order chi connectivity index (χ1) is 4.86. The Bertz CT molecular complexity index is 114. The number of rotatable bonds is 2. The molecule has 1 rings (SSSR count). The zero-order valence-electron chi connectivity index (χ0n) is 6.21. The van der Waals surface area contributed by atoms with Crippen molar-refractivity contribution in [3.63, 3.8) is 0 Å². The van der Waals surface area contributed by atoms with Gasteiger partial charge >= 0.3 is 0 Å². The van der Waals surface area contributed by atoms with E-state index in [2.05, 4.69) is 11.9 Å². The first-order valence-corrected chi connectivity index (χ1v) is 3.86. The molecule has 1 fully saturated rings. The molecule has 10 heavy (non-hydrogen) atoms. The van der Waals surface area contributed by atoms with Gasteiger partial charge in [-0.3, -0.25) is 0 Å². The third-order valence-electron chi connectivity index (χ3n) is 2.02. The van der Waals surface area contributed by atoms with Crippen LogP contribution in [0.3, 0.4) is 0 Å². The van der Waals surface area contributed by atoms with Crippen LogP contribution < -0.4 is 5.32 Å². The standard InChI is InChI=1S/C8H15NO/c1-2-7-4-3-5-8(6-10)9-7/h2,7-10H,1,3-6H2/t7-,8-/m0/s1. The fourth-order valence-electron chi connectivity index (χ4n) is 1.38. The number of piperidine rings is 1.